The van der Waals surface area contributed by atoms with Crippen molar-refractivity contribution >= 4 is 27.5 Å². The largest absolute Gasteiger partial charge is 0.309 e. The van der Waals surface area contributed by atoms with E-state index in [-0.39, 0.29) is 16.1 Å². The van der Waals surface area contributed by atoms with Crippen LogP contribution in [0.4, 0.5) is 13.2 Å². The molecular weight excluding hydrogens is 355 g/mol. The molecule has 0 saturated heterocycles. The van der Waals surface area contributed by atoms with E-state index in [9.17, 15) is 13.2 Å². The Labute approximate surface area is 127 Å². The molecule has 1 atom stereocenters. The standard InChI is InChI=1S/C14H10BrClF3N/c1-20-14(13-8(15)3-2-4-10(13)17)7-5-11(18)12(19)6-9(7)16/h2-6,14,20H,1H3. The molecule has 0 aliphatic rings. The molecule has 0 aromatic heterocycles. The summed E-state index contributed by atoms with van der Waals surface area (Å²) < 4.78 is 41.0. The van der Waals surface area contributed by atoms with Crippen molar-refractivity contribution in [2.75, 3.05) is 7.05 Å². The molecule has 2 aromatic rings. The number of hydrogen-bond donors (Lipinski definition) is 1. The molecule has 0 fully saturated rings. The molecular formula is C14H10BrClF3N. The van der Waals surface area contributed by atoms with E-state index in [0.29, 0.717) is 4.47 Å². The highest BCUT2D eigenvalue weighted by Crippen LogP contribution is 2.34. The zero-order valence-electron chi connectivity index (χ0n) is 10.4. The highest BCUT2D eigenvalue weighted by Gasteiger charge is 2.23. The monoisotopic (exact) mass is 363 g/mol. The first-order valence-electron chi connectivity index (χ1n) is 5.71. The summed E-state index contributed by atoms with van der Waals surface area (Å²) >= 11 is 9.20. The van der Waals surface area contributed by atoms with Gasteiger partial charge in [0.2, 0.25) is 0 Å². The van der Waals surface area contributed by atoms with Crippen LogP contribution < -0.4 is 5.32 Å². The van der Waals surface area contributed by atoms with Crippen molar-refractivity contribution in [3.05, 3.63) is 68.4 Å². The van der Waals surface area contributed by atoms with Crippen LogP contribution in [0, 0.1) is 17.5 Å². The van der Waals surface area contributed by atoms with Crippen molar-refractivity contribution in [3.8, 4) is 0 Å². The summed E-state index contributed by atoms with van der Waals surface area (Å²) in [6.45, 7) is 0. The summed E-state index contributed by atoms with van der Waals surface area (Å²) in [4.78, 5) is 0. The van der Waals surface area contributed by atoms with Crippen molar-refractivity contribution < 1.29 is 13.2 Å². The summed E-state index contributed by atoms with van der Waals surface area (Å²) in [6.07, 6.45) is 0. The minimum atomic E-state index is -1.04. The summed E-state index contributed by atoms with van der Waals surface area (Å²) in [7, 11) is 1.58. The van der Waals surface area contributed by atoms with Gasteiger partial charge in [-0.05, 0) is 36.9 Å². The van der Waals surface area contributed by atoms with E-state index in [4.69, 9.17) is 11.6 Å². The third-order valence-electron chi connectivity index (χ3n) is 2.93. The second-order valence-electron chi connectivity index (χ2n) is 4.14. The van der Waals surface area contributed by atoms with Gasteiger partial charge >= 0.3 is 0 Å². The van der Waals surface area contributed by atoms with E-state index in [1.165, 1.54) is 6.07 Å². The lowest BCUT2D eigenvalue weighted by Crippen LogP contribution is -2.20. The Hall–Kier alpha value is -1.04. The number of hydrogen-bond acceptors (Lipinski definition) is 1. The maximum atomic E-state index is 14.0. The van der Waals surface area contributed by atoms with E-state index in [1.54, 1.807) is 19.2 Å². The highest BCUT2D eigenvalue weighted by molar-refractivity contribution is 9.10. The molecule has 0 amide bonds. The number of nitrogens with one attached hydrogen (secondary N) is 1. The van der Waals surface area contributed by atoms with Gasteiger partial charge in [0.25, 0.3) is 0 Å². The molecule has 0 saturated carbocycles. The van der Waals surface area contributed by atoms with E-state index in [1.807, 2.05) is 0 Å². The Morgan fingerprint density at radius 3 is 2.35 bits per heavy atom. The van der Waals surface area contributed by atoms with Gasteiger partial charge in [-0.3, -0.25) is 0 Å². The van der Waals surface area contributed by atoms with Gasteiger partial charge in [0, 0.05) is 15.1 Å². The predicted molar refractivity (Wildman–Crippen MR) is 76.4 cm³/mol. The van der Waals surface area contributed by atoms with Crippen molar-refractivity contribution in [2.45, 2.75) is 6.04 Å². The molecule has 0 aliphatic heterocycles. The van der Waals surface area contributed by atoms with Gasteiger partial charge in [0.05, 0.1) is 6.04 Å². The van der Waals surface area contributed by atoms with Gasteiger partial charge < -0.3 is 5.32 Å². The van der Waals surface area contributed by atoms with Gasteiger partial charge in [-0.1, -0.05) is 33.6 Å². The quantitative estimate of drug-likeness (QED) is 0.769. The smallest absolute Gasteiger partial charge is 0.160 e. The lowest BCUT2D eigenvalue weighted by molar-refractivity contribution is 0.503. The number of rotatable bonds is 3. The fraction of sp³-hybridized carbons (Fsp3) is 0.143. The normalized spacial score (nSPS) is 12.5. The second-order valence-corrected chi connectivity index (χ2v) is 5.41. The van der Waals surface area contributed by atoms with E-state index < -0.39 is 23.5 Å². The first kappa shape index (κ1) is 15.4. The third-order valence-corrected chi connectivity index (χ3v) is 3.95. The van der Waals surface area contributed by atoms with Crippen LogP contribution in [0.3, 0.4) is 0 Å². The average Bonchev–Trinajstić information content (AvgIpc) is 2.39. The van der Waals surface area contributed by atoms with Crippen LogP contribution in [0.1, 0.15) is 17.2 Å². The van der Waals surface area contributed by atoms with Gasteiger partial charge in [-0.15, -0.1) is 0 Å². The van der Waals surface area contributed by atoms with Crippen molar-refractivity contribution in [1.29, 1.82) is 0 Å². The Bertz CT molecular complexity index is 628. The molecule has 0 radical (unpaired) electrons. The predicted octanol–water partition coefficient (Wildman–Crippen LogP) is 4.83. The average molecular weight is 365 g/mol. The van der Waals surface area contributed by atoms with Gasteiger partial charge in [-0.2, -0.15) is 0 Å². The third kappa shape index (κ3) is 2.85. The lowest BCUT2D eigenvalue weighted by atomic mass is 9.98. The summed E-state index contributed by atoms with van der Waals surface area (Å²) in [5, 5.41) is 2.89. The fourth-order valence-electron chi connectivity index (χ4n) is 2.00. The number of halogens is 5. The Kier molecular flexibility index (Phi) is 4.73. The maximum absolute atomic E-state index is 14.0. The van der Waals surface area contributed by atoms with Crippen LogP contribution in [0.5, 0.6) is 0 Å². The molecule has 2 rings (SSSR count). The van der Waals surface area contributed by atoms with Crippen LogP contribution in [0.25, 0.3) is 0 Å². The molecule has 1 unspecified atom stereocenters. The highest BCUT2D eigenvalue weighted by atomic mass is 79.9. The molecule has 0 bridgehead atoms. The molecule has 1 nitrogen and oxygen atoms in total. The van der Waals surface area contributed by atoms with E-state index in [2.05, 4.69) is 21.2 Å². The van der Waals surface area contributed by atoms with Crippen LogP contribution in [-0.4, -0.2) is 7.05 Å². The zero-order valence-corrected chi connectivity index (χ0v) is 12.7. The first-order valence-corrected chi connectivity index (χ1v) is 6.88. The van der Waals surface area contributed by atoms with Crippen LogP contribution in [0.15, 0.2) is 34.8 Å². The van der Waals surface area contributed by atoms with Crippen molar-refractivity contribution in [1.82, 2.24) is 5.32 Å². The SMILES string of the molecule is CNC(c1cc(F)c(F)cc1Cl)c1c(F)cccc1Br. The van der Waals surface area contributed by atoms with Crippen LogP contribution >= 0.6 is 27.5 Å². The Morgan fingerprint density at radius 2 is 1.75 bits per heavy atom. The Balaban J connectivity index is 2.62. The van der Waals surface area contributed by atoms with E-state index in [0.717, 1.165) is 12.1 Å². The molecule has 6 heteroatoms. The molecule has 0 aliphatic carbocycles. The summed E-state index contributed by atoms with van der Waals surface area (Å²) in [6, 6.07) is 5.65. The van der Waals surface area contributed by atoms with Gasteiger partial charge in [0.1, 0.15) is 5.82 Å². The topological polar surface area (TPSA) is 12.0 Å². The second kappa shape index (κ2) is 6.16. The van der Waals surface area contributed by atoms with Crippen LogP contribution in [0.2, 0.25) is 5.02 Å². The fourth-order valence-corrected chi connectivity index (χ4v) is 2.83. The molecule has 0 spiro atoms. The number of benzene rings is 2. The molecule has 20 heavy (non-hydrogen) atoms. The molecule has 0 heterocycles. The maximum Gasteiger partial charge on any atom is 0.160 e. The van der Waals surface area contributed by atoms with E-state index >= 15 is 0 Å². The zero-order chi connectivity index (χ0) is 14.9. The molecule has 1 N–H and O–H groups in total. The molecule has 2 aromatic carbocycles. The van der Waals surface area contributed by atoms with Crippen molar-refractivity contribution in [3.63, 3.8) is 0 Å². The van der Waals surface area contributed by atoms with Gasteiger partial charge in [0.15, 0.2) is 11.6 Å². The minimum Gasteiger partial charge on any atom is -0.309 e. The lowest BCUT2D eigenvalue weighted by Gasteiger charge is -2.20. The van der Waals surface area contributed by atoms with Crippen LogP contribution in [-0.2, 0) is 0 Å². The van der Waals surface area contributed by atoms with Crippen molar-refractivity contribution in [2.24, 2.45) is 0 Å². The minimum absolute atomic E-state index is 0.0263. The summed E-state index contributed by atoms with van der Waals surface area (Å²) in [5.74, 6) is -2.54. The Morgan fingerprint density at radius 1 is 1.10 bits per heavy atom. The van der Waals surface area contributed by atoms with Gasteiger partial charge in [-0.25, -0.2) is 13.2 Å². The summed E-state index contributed by atoms with van der Waals surface area (Å²) in [5.41, 5.74) is 0.543. The molecule has 106 valence electrons. The first-order chi connectivity index (χ1) is 9.45.